The second kappa shape index (κ2) is 8.93. The maximum atomic E-state index is 5.56. The summed E-state index contributed by atoms with van der Waals surface area (Å²) in [6.07, 6.45) is 1.21. The second-order valence-electron chi connectivity index (χ2n) is 8.20. The quantitative estimate of drug-likeness (QED) is 0.633. The maximum Gasteiger partial charge on any atom is 0.193 e. The average Bonchev–Trinajstić information content (AvgIpc) is 3.06. The minimum Gasteiger partial charge on any atom is -0.497 e. The summed E-state index contributed by atoms with van der Waals surface area (Å²) < 4.78 is 10.9. The molecule has 1 aromatic carbocycles. The van der Waals surface area contributed by atoms with E-state index in [4.69, 9.17) is 9.47 Å². The Balaban J connectivity index is 1.70. The van der Waals surface area contributed by atoms with Gasteiger partial charge in [-0.05, 0) is 29.5 Å². The van der Waals surface area contributed by atoms with Crippen LogP contribution in [0.25, 0.3) is 0 Å². The second-order valence-corrected chi connectivity index (χ2v) is 8.20. The van der Waals surface area contributed by atoms with Gasteiger partial charge in [-0.25, -0.2) is 0 Å². The van der Waals surface area contributed by atoms with E-state index in [9.17, 15) is 0 Å². The van der Waals surface area contributed by atoms with Crippen molar-refractivity contribution in [3.63, 3.8) is 0 Å². The molecule has 0 radical (unpaired) electrons. The van der Waals surface area contributed by atoms with E-state index in [2.05, 4.69) is 46.1 Å². The lowest BCUT2D eigenvalue weighted by Gasteiger charge is -2.36. The molecular weight excluding hydrogens is 340 g/mol. The predicted octanol–water partition coefficient (Wildman–Crippen LogP) is 2.38. The van der Waals surface area contributed by atoms with E-state index >= 15 is 0 Å². The summed E-state index contributed by atoms with van der Waals surface area (Å²) >= 11 is 0. The third kappa shape index (κ3) is 5.14. The Morgan fingerprint density at radius 2 is 1.93 bits per heavy atom. The molecule has 6 nitrogen and oxygen atoms in total. The van der Waals surface area contributed by atoms with Gasteiger partial charge in [0.05, 0.1) is 26.4 Å². The summed E-state index contributed by atoms with van der Waals surface area (Å²) in [5.41, 5.74) is 1.65. The number of benzene rings is 1. The molecule has 2 aliphatic heterocycles. The predicted molar refractivity (Wildman–Crippen MR) is 109 cm³/mol. The number of aliphatic imine (C=N–C) groups is 1. The molecule has 1 unspecified atom stereocenters. The van der Waals surface area contributed by atoms with Crippen LogP contribution in [0, 0.1) is 5.41 Å². The summed E-state index contributed by atoms with van der Waals surface area (Å²) in [4.78, 5) is 9.42. The Kier molecular flexibility index (Phi) is 6.60. The number of guanidine groups is 1. The molecule has 0 bridgehead atoms. The highest BCUT2D eigenvalue weighted by Crippen LogP contribution is 2.29. The van der Waals surface area contributed by atoms with Crippen molar-refractivity contribution in [2.75, 3.05) is 60.1 Å². The van der Waals surface area contributed by atoms with Gasteiger partial charge < -0.3 is 19.7 Å². The first-order chi connectivity index (χ1) is 13.0. The first kappa shape index (κ1) is 20.0. The molecule has 0 saturated carbocycles. The Bertz CT molecular complexity index is 624. The van der Waals surface area contributed by atoms with Gasteiger partial charge in [-0.1, -0.05) is 26.0 Å². The Morgan fingerprint density at radius 1 is 1.22 bits per heavy atom. The molecule has 1 atom stereocenters. The van der Waals surface area contributed by atoms with Crippen molar-refractivity contribution in [3.05, 3.63) is 29.8 Å². The van der Waals surface area contributed by atoms with Crippen LogP contribution >= 0.6 is 0 Å². The highest BCUT2D eigenvalue weighted by molar-refractivity contribution is 5.80. The Hall–Kier alpha value is -1.79. The number of morpholine rings is 1. The normalized spacial score (nSPS) is 21.9. The van der Waals surface area contributed by atoms with E-state index in [1.165, 1.54) is 12.0 Å². The summed E-state index contributed by atoms with van der Waals surface area (Å²) in [5.74, 6) is 1.90. The number of ether oxygens (including phenoxy) is 2. The molecule has 0 aromatic heterocycles. The SMILES string of the molecule is CN=C(NCC(c1ccc(OC)cc1)N1CCOCC1)N1CCC(C)(C)C1. The molecule has 1 N–H and O–H groups in total. The topological polar surface area (TPSA) is 49.3 Å². The van der Waals surface area contributed by atoms with Gasteiger partial charge in [-0.15, -0.1) is 0 Å². The van der Waals surface area contributed by atoms with Crippen LogP contribution in [-0.2, 0) is 4.74 Å². The van der Waals surface area contributed by atoms with Crippen molar-refractivity contribution in [2.24, 2.45) is 10.4 Å². The third-order valence-electron chi connectivity index (χ3n) is 5.63. The molecule has 6 heteroatoms. The average molecular weight is 375 g/mol. The number of nitrogens with zero attached hydrogens (tertiary/aromatic N) is 3. The van der Waals surface area contributed by atoms with Crippen LogP contribution in [0.2, 0.25) is 0 Å². The van der Waals surface area contributed by atoms with Crippen LogP contribution in [0.1, 0.15) is 31.9 Å². The van der Waals surface area contributed by atoms with E-state index in [0.717, 1.165) is 57.6 Å². The smallest absolute Gasteiger partial charge is 0.193 e. The minimum atomic E-state index is 0.284. The molecule has 2 fully saturated rings. The van der Waals surface area contributed by atoms with E-state index < -0.39 is 0 Å². The van der Waals surface area contributed by atoms with E-state index in [-0.39, 0.29) is 6.04 Å². The van der Waals surface area contributed by atoms with E-state index in [0.29, 0.717) is 5.41 Å². The number of methoxy groups -OCH3 is 1. The molecule has 27 heavy (non-hydrogen) atoms. The van der Waals surface area contributed by atoms with Crippen molar-refractivity contribution in [2.45, 2.75) is 26.3 Å². The summed E-state index contributed by atoms with van der Waals surface area (Å²) in [6.45, 7) is 11.1. The number of nitrogens with one attached hydrogen (secondary N) is 1. The number of likely N-dealkylation sites (tertiary alicyclic amines) is 1. The highest BCUT2D eigenvalue weighted by Gasteiger charge is 2.31. The van der Waals surface area contributed by atoms with Gasteiger partial charge in [-0.2, -0.15) is 0 Å². The Labute approximate surface area is 163 Å². The van der Waals surface area contributed by atoms with Gasteiger partial charge in [-0.3, -0.25) is 9.89 Å². The van der Waals surface area contributed by atoms with Gasteiger partial charge in [0, 0.05) is 39.8 Å². The number of hydrogen-bond donors (Lipinski definition) is 1. The monoisotopic (exact) mass is 374 g/mol. The van der Waals surface area contributed by atoms with Crippen LogP contribution in [0.3, 0.4) is 0 Å². The summed E-state index contributed by atoms with van der Waals surface area (Å²) in [5, 5.41) is 3.64. The number of hydrogen-bond acceptors (Lipinski definition) is 4. The van der Waals surface area contributed by atoms with Crippen LogP contribution in [0.4, 0.5) is 0 Å². The highest BCUT2D eigenvalue weighted by atomic mass is 16.5. The van der Waals surface area contributed by atoms with Crippen LogP contribution < -0.4 is 10.1 Å². The van der Waals surface area contributed by atoms with Gasteiger partial charge in [0.15, 0.2) is 5.96 Å². The molecule has 2 heterocycles. The zero-order chi connectivity index (χ0) is 19.3. The van der Waals surface area contributed by atoms with Crippen molar-refractivity contribution in [1.82, 2.24) is 15.1 Å². The fraction of sp³-hybridized carbons (Fsp3) is 0.667. The zero-order valence-corrected chi connectivity index (χ0v) is 17.2. The molecule has 2 saturated heterocycles. The van der Waals surface area contributed by atoms with Gasteiger partial charge in [0.25, 0.3) is 0 Å². The Morgan fingerprint density at radius 3 is 2.48 bits per heavy atom. The molecular formula is C21H34N4O2. The standard InChI is InChI=1S/C21H34N4O2/c1-21(2)9-10-25(16-21)20(22-3)23-15-19(24-11-13-27-14-12-24)17-5-7-18(26-4)8-6-17/h5-8,19H,9-16H2,1-4H3,(H,22,23). The van der Waals surface area contributed by atoms with Crippen LogP contribution in [0.5, 0.6) is 5.75 Å². The molecule has 150 valence electrons. The maximum absolute atomic E-state index is 5.56. The third-order valence-corrected chi connectivity index (χ3v) is 5.63. The van der Waals surface area contributed by atoms with Crippen molar-refractivity contribution in [3.8, 4) is 5.75 Å². The summed E-state index contributed by atoms with van der Waals surface area (Å²) in [7, 11) is 3.59. The zero-order valence-electron chi connectivity index (χ0n) is 17.2. The molecule has 0 amide bonds. The molecule has 0 aliphatic carbocycles. The van der Waals surface area contributed by atoms with E-state index in [1.807, 2.05) is 19.2 Å². The molecule has 2 aliphatic rings. The molecule has 1 aromatic rings. The fourth-order valence-electron chi connectivity index (χ4n) is 3.99. The van der Waals surface area contributed by atoms with Crippen LogP contribution in [0.15, 0.2) is 29.3 Å². The number of rotatable bonds is 5. The van der Waals surface area contributed by atoms with Crippen molar-refractivity contribution >= 4 is 5.96 Å². The molecule has 3 rings (SSSR count). The minimum absolute atomic E-state index is 0.284. The van der Waals surface area contributed by atoms with Crippen molar-refractivity contribution < 1.29 is 9.47 Å². The van der Waals surface area contributed by atoms with E-state index in [1.54, 1.807) is 7.11 Å². The lowest BCUT2D eigenvalue weighted by molar-refractivity contribution is 0.0169. The van der Waals surface area contributed by atoms with Crippen LogP contribution in [-0.4, -0.2) is 75.9 Å². The fourth-order valence-corrected chi connectivity index (χ4v) is 3.99. The van der Waals surface area contributed by atoms with Crippen molar-refractivity contribution in [1.29, 1.82) is 0 Å². The first-order valence-electron chi connectivity index (χ1n) is 9.94. The molecule has 0 spiro atoms. The largest absolute Gasteiger partial charge is 0.497 e. The van der Waals surface area contributed by atoms with Gasteiger partial charge >= 0.3 is 0 Å². The summed E-state index contributed by atoms with van der Waals surface area (Å²) in [6, 6.07) is 8.71. The lowest BCUT2D eigenvalue weighted by atomic mass is 9.93. The van der Waals surface area contributed by atoms with Gasteiger partial charge in [0.1, 0.15) is 5.75 Å². The van der Waals surface area contributed by atoms with Gasteiger partial charge in [0.2, 0.25) is 0 Å². The lowest BCUT2D eigenvalue weighted by Crippen LogP contribution is -2.47. The first-order valence-corrected chi connectivity index (χ1v) is 9.94.